The topological polar surface area (TPSA) is 29.5 Å². The maximum Gasteiger partial charge on any atom is 0.119 e. The van der Waals surface area contributed by atoms with Gasteiger partial charge in [0.1, 0.15) is 5.75 Å². The molecule has 1 aromatic rings. The summed E-state index contributed by atoms with van der Waals surface area (Å²) in [7, 11) is 1.67. The first-order valence-corrected chi connectivity index (χ1v) is 5.06. The Hall–Kier alpha value is -1.02. The standard InChI is InChI=1S/C12H18O2/c1-3-10(7-8-13)11-5-4-6-12(9-11)14-2/h4-6,9-10,13H,3,7-8H2,1-2H3. The summed E-state index contributed by atoms with van der Waals surface area (Å²) in [6, 6.07) is 8.07. The largest absolute Gasteiger partial charge is 0.497 e. The zero-order valence-electron chi connectivity index (χ0n) is 8.86. The molecule has 0 spiro atoms. The lowest BCUT2D eigenvalue weighted by Gasteiger charge is -2.14. The van der Waals surface area contributed by atoms with E-state index in [4.69, 9.17) is 9.84 Å². The molecule has 0 saturated heterocycles. The second-order valence-electron chi connectivity index (χ2n) is 3.39. The van der Waals surface area contributed by atoms with E-state index in [9.17, 15) is 0 Å². The van der Waals surface area contributed by atoms with Gasteiger partial charge in [-0.25, -0.2) is 0 Å². The van der Waals surface area contributed by atoms with Crippen molar-refractivity contribution in [1.29, 1.82) is 0 Å². The van der Waals surface area contributed by atoms with Gasteiger partial charge in [-0.3, -0.25) is 0 Å². The molecule has 0 aliphatic rings. The van der Waals surface area contributed by atoms with E-state index in [-0.39, 0.29) is 6.61 Å². The quantitative estimate of drug-likeness (QED) is 0.780. The number of ether oxygens (including phenoxy) is 1. The molecular weight excluding hydrogens is 176 g/mol. The van der Waals surface area contributed by atoms with Crippen LogP contribution in [0.15, 0.2) is 24.3 Å². The lowest BCUT2D eigenvalue weighted by atomic mass is 9.93. The molecule has 0 aromatic heterocycles. The Bertz CT molecular complexity index is 271. The van der Waals surface area contributed by atoms with Crippen LogP contribution in [-0.4, -0.2) is 18.8 Å². The van der Waals surface area contributed by atoms with E-state index in [0.29, 0.717) is 5.92 Å². The Kier molecular flexibility index (Phi) is 4.47. The van der Waals surface area contributed by atoms with Crippen LogP contribution < -0.4 is 4.74 Å². The first kappa shape index (κ1) is 11.1. The molecule has 2 nitrogen and oxygen atoms in total. The fourth-order valence-corrected chi connectivity index (χ4v) is 1.66. The van der Waals surface area contributed by atoms with Crippen LogP contribution in [0.25, 0.3) is 0 Å². The first-order chi connectivity index (χ1) is 6.81. The lowest BCUT2D eigenvalue weighted by Crippen LogP contribution is -2.00. The third-order valence-corrected chi connectivity index (χ3v) is 2.54. The lowest BCUT2D eigenvalue weighted by molar-refractivity contribution is 0.274. The van der Waals surface area contributed by atoms with Crippen LogP contribution in [0, 0.1) is 0 Å². The Balaban J connectivity index is 2.80. The predicted octanol–water partition coefficient (Wildman–Crippen LogP) is 2.57. The number of benzene rings is 1. The van der Waals surface area contributed by atoms with Crippen molar-refractivity contribution in [3.63, 3.8) is 0 Å². The van der Waals surface area contributed by atoms with Gasteiger partial charge < -0.3 is 9.84 Å². The second-order valence-corrected chi connectivity index (χ2v) is 3.39. The number of hydrogen-bond acceptors (Lipinski definition) is 2. The van der Waals surface area contributed by atoms with Crippen LogP contribution in [0.1, 0.15) is 31.2 Å². The summed E-state index contributed by atoms with van der Waals surface area (Å²) < 4.78 is 5.17. The highest BCUT2D eigenvalue weighted by Crippen LogP contribution is 2.25. The molecule has 1 N–H and O–H groups in total. The van der Waals surface area contributed by atoms with Gasteiger partial charge in [0.25, 0.3) is 0 Å². The van der Waals surface area contributed by atoms with Crippen molar-refractivity contribution >= 4 is 0 Å². The Morgan fingerprint density at radius 3 is 2.79 bits per heavy atom. The summed E-state index contributed by atoms with van der Waals surface area (Å²) in [6.45, 7) is 2.38. The molecule has 0 aliphatic heterocycles. The number of hydrogen-bond donors (Lipinski definition) is 1. The fourth-order valence-electron chi connectivity index (χ4n) is 1.66. The zero-order chi connectivity index (χ0) is 10.4. The molecule has 1 atom stereocenters. The normalized spacial score (nSPS) is 12.5. The number of methoxy groups -OCH3 is 1. The van der Waals surface area contributed by atoms with Gasteiger partial charge in [0, 0.05) is 6.61 Å². The third-order valence-electron chi connectivity index (χ3n) is 2.54. The Morgan fingerprint density at radius 1 is 1.43 bits per heavy atom. The zero-order valence-corrected chi connectivity index (χ0v) is 8.86. The highest BCUT2D eigenvalue weighted by molar-refractivity contribution is 5.30. The van der Waals surface area contributed by atoms with Gasteiger partial charge in [0.15, 0.2) is 0 Å². The maximum atomic E-state index is 8.92. The molecule has 1 aromatic carbocycles. The molecule has 0 radical (unpaired) electrons. The summed E-state index contributed by atoms with van der Waals surface area (Å²) >= 11 is 0. The van der Waals surface area contributed by atoms with E-state index in [1.54, 1.807) is 7.11 Å². The number of aliphatic hydroxyl groups is 1. The minimum Gasteiger partial charge on any atom is -0.497 e. The van der Waals surface area contributed by atoms with E-state index in [2.05, 4.69) is 13.0 Å². The van der Waals surface area contributed by atoms with Crippen LogP contribution in [0.5, 0.6) is 5.75 Å². The van der Waals surface area contributed by atoms with Crippen molar-refractivity contribution in [2.75, 3.05) is 13.7 Å². The fraction of sp³-hybridized carbons (Fsp3) is 0.500. The SMILES string of the molecule is CCC(CCO)c1cccc(OC)c1. The van der Waals surface area contributed by atoms with Crippen molar-refractivity contribution in [2.24, 2.45) is 0 Å². The van der Waals surface area contributed by atoms with Crippen LogP contribution in [0.2, 0.25) is 0 Å². The molecule has 2 heteroatoms. The van der Waals surface area contributed by atoms with E-state index in [1.807, 2.05) is 18.2 Å². The summed E-state index contributed by atoms with van der Waals surface area (Å²) in [5.74, 6) is 1.33. The molecule has 1 rings (SSSR count). The molecule has 0 bridgehead atoms. The average molecular weight is 194 g/mol. The molecule has 0 aliphatic carbocycles. The van der Waals surface area contributed by atoms with Gasteiger partial charge in [0.2, 0.25) is 0 Å². The minimum atomic E-state index is 0.246. The van der Waals surface area contributed by atoms with E-state index in [1.165, 1.54) is 5.56 Å². The van der Waals surface area contributed by atoms with Gasteiger partial charge in [-0.15, -0.1) is 0 Å². The van der Waals surface area contributed by atoms with Crippen LogP contribution in [0.3, 0.4) is 0 Å². The molecular formula is C12H18O2. The van der Waals surface area contributed by atoms with Crippen LogP contribution in [0.4, 0.5) is 0 Å². The third kappa shape index (κ3) is 2.74. The summed E-state index contributed by atoms with van der Waals surface area (Å²) in [5.41, 5.74) is 1.25. The van der Waals surface area contributed by atoms with Gasteiger partial charge in [-0.1, -0.05) is 19.1 Å². The van der Waals surface area contributed by atoms with Crippen LogP contribution in [-0.2, 0) is 0 Å². The smallest absolute Gasteiger partial charge is 0.119 e. The highest BCUT2D eigenvalue weighted by atomic mass is 16.5. The molecule has 78 valence electrons. The molecule has 0 saturated carbocycles. The Morgan fingerprint density at radius 2 is 2.21 bits per heavy atom. The van der Waals surface area contributed by atoms with Crippen molar-refractivity contribution < 1.29 is 9.84 Å². The van der Waals surface area contributed by atoms with Gasteiger partial charge in [-0.2, -0.15) is 0 Å². The van der Waals surface area contributed by atoms with Crippen molar-refractivity contribution in [1.82, 2.24) is 0 Å². The average Bonchev–Trinajstić information content (AvgIpc) is 2.26. The number of aliphatic hydroxyl groups excluding tert-OH is 1. The molecule has 14 heavy (non-hydrogen) atoms. The van der Waals surface area contributed by atoms with Crippen LogP contribution >= 0.6 is 0 Å². The second kappa shape index (κ2) is 5.66. The van der Waals surface area contributed by atoms with E-state index < -0.39 is 0 Å². The monoisotopic (exact) mass is 194 g/mol. The van der Waals surface area contributed by atoms with E-state index >= 15 is 0 Å². The molecule has 0 fully saturated rings. The van der Waals surface area contributed by atoms with Gasteiger partial charge in [0.05, 0.1) is 7.11 Å². The molecule has 0 heterocycles. The van der Waals surface area contributed by atoms with E-state index in [0.717, 1.165) is 18.6 Å². The van der Waals surface area contributed by atoms with Gasteiger partial charge >= 0.3 is 0 Å². The summed E-state index contributed by atoms with van der Waals surface area (Å²) in [4.78, 5) is 0. The maximum absolute atomic E-state index is 8.92. The van der Waals surface area contributed by atoms with Crippen molar-refractivity contribution in [2.45, 2.75) is 25.7 Å². The van der Waals surface area contributed by atoms with Crippen molar-refractivity contribution in [3.05, 3.63) is 29.8 Å². The highest BCUT2D eigenvalue weighted by Gasteiger charge is 2.08. The predicted molar refractivity (Wildman–Crippen MR) is 57.7 cm³/mol. The Labute approximate surface area is 85.5 Å². The summed E-state index contributed by atoms with van der Waals surface area (Å²) in [6.07, 6.45) is 1.87. The first-order valence-electron chi connectivity index (χ1n) is 5.06. The minimum absolute atomic E-state index is 0.246. The number of rotatable bonds is 5. The van der Waals surface area contributed by atoms with Crippen molar-refractivity contribution in [3.8, 4) is 5.75 Å². The molecule has 1 unspecified atom stereocenters. The van der Waals surface area contributed by atoms with Gasteiger partial charge in [-0.05, 0) is 36.5 Å². The summed E-state index contributed by atoms with van der Waals surface area (Å²) in [5, 5.41) is 8.92. The molecule has 0 amide bonds.